The van der Waals surface area contributed by atoms with Crippen LogP contribution in [0.4, 0.5) is 0 Å². The Morgan fingerprint density at radius 3 is 2.08 bits per heavy atom. The Labute approximate surface area is 164 Å². The van der Waals surface area contributed by atoms with E-state index in [0.717, 1.165) is 12.8 Å². The highest BCUT2D eigenvalue weighted by Gasteiger charge is 2.18. The Hall–Kier alpha value is -1.16. The fourth-order valence-electron chi connectivity index (χ4n) is 3.26. The number of hydrogen-bond donors (Lipinski definition) is 1. The zero-order chi connectivity index (χ0) is 19.0. The van der Waals surface area contributed by atoms with Crippen LogP contribution in [0.2, 0.25) is 0 Å². The Bertz CT molecular complexity index is 484. The Morgan fingerprint density at radius 2 is 1.50 bits per heavy atom. The van der Waals surface area contributed by atoms with Crippen LogP contribution in [0.15, 0.2) is 17.5 Å². The second-order valence-electron chi connectivity index (χ2n) is 7.29. The number of carbonyl (C=O) groups is 2. The van der Waals surface area contributed by atoms with Crippen LogP contribution in [0, 0.1) is 5.92 Å². The molecule has 1 N–H and O–H groups in total. The van der Waals surface area contributed by atoms with Crippen molar-refractivity contribution < 1.29 is 9.59 Å². The molecule has 1 atom stereocenters. The molecular weight excluding hydrogens is 342 g/mol. The second kappa shape index (κ2) is 15.0. The molecule has 1 unspecified atom stereocenters. The summed E-state index contributed by atoms with van der Waals surface area (Å²) < 4.78 is 0. The van der Waals surface area contributed by atoms with Crippen molar-refractivity contribution in [3.8, 4) is 0 Å². The van der Waals surface area contributed by atoms with Crippen molar-refractivity contribution in [2.75, 3.05) is 6.54 Å². The van der Waals surface area contributed by atoms with Crippen molar-refractivity contribution in [1.82, 2.24) is 5.32 Å². The molecule has 0 aliphatic carbocycles. The van der Waals surface area contributed by atoms with Gasteiger partial charge in [-0.2, -0.15) is 0 Å². The standard InChI is InChI=1S/C22H37NO2S/c1-3-5-7-9-10-12-15-19(14-11-8-6-4-2)18-23-22(25)21(24)20-16-13-17-26-20/h13,16-17,19H,3-12,14-15,18H2,1-2H3,(H,23,25). The predicted molar refractivity (Wildman–Crippen MR) is 112 cm³/mol. The van der Waals surface area contributed by atoms with E-state index in [0.29, 0.717) is 17.3 Å². The first-order chi connectivity index (χ1) is 12.7. The summed E-state index contributed by atoms with van der Waals surface area (Å²) in [5.74, 6) is -0.351. The summed E-state index contributed by atoms with van der Waals surface area (Å²) >= 11 is 1.33. The first-order valence-corrected chi connectivity index (χ1v) is 11.4. The van der Waals surface area contributed by atoms with Crippen LogP contribution >= 0.6 is 11.3 Å². The molecule has 0 aromatic carbocycles. The second-order valence-corrected chi connectivity index (χ2v) is 8.24. The monoisotopic (exact) mass is 379 g/mol. The molecule has 1 amide bonds. The Morgan fingerprint density at radius 1 is 0.923 bits per heavy atom. The van der Waals surface area contributed by atoms with Gasteiger partial charge in [-0.25, -0.2) is 0 Å². The minimum atomic E-state index is -0.450. The van der Waals surface area contributed by atoms with E-state index in [-0.39, 0.29) is 0 Å². The van der Waals surface area contributed by atoms with E-state index in [1.54, 1.807) is 12.1 Å². The minimum absolute atomic E-state index is 0.399. The van der Waals surface area contributed by atoms with E-state index in [9.17, 15) is 9.59 Å². The highest BCUT2D eigenvalue weighted by atomic mass is 32.1. The number of amides is 1. The van der Waals surface area contributed by atoms with Gasteiger partial charge in [0.15, 0.2) is 0 Å². The summed E-state index contributed by atoms with van der Waals surface area (Å²) in [5, 5.41) is 4.72. The van der Waals surface area contributed by atoms with E-state index < -0.39 is 11.7 Å². The van der Waals surface area contributed by atoms with Crippen molar-refractivity contribution in [1.29, 1.82) is 0 Å². The van der Waals surface area contributed by atoms with Crippen LogP contribution in [0.25, 0.3) is 0 Å². The largest absolute Gasteiger partial charge is 0.349 e. The molecule has 148 valence electrons. The van der Waals surface area contributed by atoms with Crippen LogP contribution in [-0.2, 0) is 4.79 Å². The lowest BCUT2D eigenvalue weighted by atomic mass is 9.94. The lowest BCUT2D eigenvalue weighted by Gasteiger charge is -2.17. The van der Waals surface area contributed by atoms with Gasteiger partial charge < -0.3 is 5.32 Å². The first-order valence-electron chi connectivity index (χ1n) is 10.5. The number of thiophene rings is 1. The van der Waals surface area contributed by atoms with Crippen LogP contribution in [0.3, 0.4) is 0 Å². The lowest BCUT2D eigenvalue weighted by molar-refractivity contribution is -0.117. The molecule has 0 radical (unpaired) electrons. The number of carbonyl (C=O) groups excluding carboxylic acids is 2. The van der Waals surface area contributed by atoms with Crippen molar-refractivity contribution in [2.45, 2.75) is 90.9 Å². The molecule has 0 aliphatic rings. The summed E-state index contributed by atoms with van der Waals surface area (Å²) in [6.45, 7) is 5.10. The molecule has 0 bridgehead atoms. The topological polar surface area (TPSA) is 46.2 Å². The maximum absolute atomic E-state index is 12.1. The quantitative estimate of drug-likeness (QED) is 0.206. The van der Waals surface area contributed by atoms with E-state index in [4.69, 9.17) is 0 Å². The summed E-state index contributed by atoms with van der Waals surface area (Å²) in [6.07, 6.45) is 15.1. The zero-order valence-electron chi connectivity index (χ0n) is 16.7. The predicted octanol–water partition coefficient (Wildman–Crippen LogP) is 6.38. The fourth-order valence-corrected chi connectivity index (χ4v) is 3.92. The smallest absolute Gasteiger partial charge is 0.293 e. The molecule has 3 nitrogen and oxygen atoms in total. The normalized spacial score (nSPS) is 12.1. The lowest BCUT2D eigenvalue weighted by Crippen LogP contribution is -2.34. The molecule has 0 aliphatic heterocycles. The van der Waals surface area contributed by atoms with Gasteiger partial charge in [0, 0.05) is 6.54 Å². The van der Waals surface area contributed by atoms with Gasteiger partial charge in [0.05, 0.1) is 4.88 Å². The fraction of sp³-hybridized carbons (Fsp3) is 0.727. The van der Waals surface area contributed by atoms with Crippen molar-refractivity contribution in [2.24, 2.45) is 5.92 Å². The molecule has 0 saturated heterocycles. The van der Waals surface area contributed by atoms with Gasteiger partial charge >= 0.3 is 0 Å². The maximum Gasteiger partial charge on any atom is 0.293 e. The van der Waals surface area contributed by atoms with Crippen LogP contribution in [0.5, 0.6) is 0 Å². The number of unbranched alkanes of at least 4 members (excludes halogenated alkanes) is 8. The summed E-state index contributed by atoms with van der Waals surface area (Å²) in [7, 11) is 0. The van der Waals surface area contributed by atoms with Gasteiger partial charge in [0.1, 0.15) is 0 Å². The molecule has 1 aromatic rings. The highest BCUT2D eigenvalue weighted by molar-refractivity contribution is 7.13. The van der Waals surface area contributed by atoms with Gasteiger partial charge in [-0.15, -0.1) is 11.3 Å². The molecule has 1 heterocycles. The van der Waals surface area contributed by atoms with Crippen LogP contribution in [-0.4, -0.2) is 18.2 Å². The molecule has 4 heteroatoms. The van der Waals surface area contributed by atoms with Gasteiger partial charge in [-0.05, 0) is 30.2 Å². The highest BCUT2D eigenvalue weighted by Crippen LogP contribution is 2.18. The molecular formula is C22H37NO2S. The SMILES string of the molecule is CCCCCCCCC(CCCCCC)CNC(=O)C(=O)c1cccs1. The number of Topliss-reactive ketones (excluding diaryl/α,β-unsaturated/α-hetero) is 1. The number of nitrogens with one attached hydrogen (secondary N) is 1. The van der Waals surface area contributed by atoms with Gasteiger partial charge in [0.25, 0.3) is 11.7 Å². The third-order valence-corrected chi connectivity index (χ3v) is 5.80. The van der Waals surface area contributed by atoms with E-state index in [1.807, 2.05) is 5.38 Å². The first kappa shape index (κ1) is 22.9. The average molecular weight is 380 g/mol. The third kappa shape index (κ3) is 10.1. The molecule has 0 spiro atoms. The van der Waals surface area contributed by atoms with Crippen LogP contribution < -0.4 is 5.32 Å². The van der Waals surface area contributed by atoms with E-state index in [1.165, 1.54) is 75.5 Å². The maximum atomic E-state index is 12.1. The molecule has 1 aromatic heterocycles. The van der Waals surface area contributed by atoms with Crippen molar-refractivity contribution >= 4 is 23.0 Å². The van der Waals surface area contributed by atoms with E-state index in [2.05, 4.69) is 19.2 Å². The van der Waals surface area contributed by atoms with E-state index >= 15 is 0 Å². The third-order valence-electron chi connectivity index (χ3n) is 4.93. The Kier molecular flexibility index (Phi) is 13.2. The summed E-state index contributed by atoms with van der Waals surface area (Å²) in [5.41, 5.74) is 0. The average Bonchev–Trinajstić information content (AvgIpc) is 3.19. The van der Waals surface area contributed by atoms with Crippen LogP contribution in [0.1, 0.15) is 101 Å². The minimum Gasteiger partial charge on any atom is -0.349 e. The van der Waals surface area contributed by atoms with Crippen molar-refractivity contribution in [3.05, 3.63) is 22.4 Å². The zero-order valence-corrected chi connectivity index (χ0v) is 17.5. The van der Waals surface area contributed by atoms with Gasteiger partial charge in [-0.3, -0.25) is 9.59 Å². The number of ketones is 1. The molecule has 0 saturated carbocycles. The summed E-state index contributed by atoms with van der Waals surface area (Å²) in [6, 6.07) is 3.52. The number of hydrogen-bond acceptors (Lipinski definition) is 3. The Balaban J connectivity index is 2.34. The van der Waals surface area contributed by atoms with Crippen molar-refractivity contribution in [3.63, 3.8) is 0 Å². The van der Waals surface area contributed by atoms with Gasteiger partial charge in [0.2, 0.25) is 0 Å². The molecule has 0 fully saturated rings. The molecule has 26 heavy (non-hydrogen) atoms. The number of rotatable bonds is 16. The van der Waals surface area contributed by atoms with Gasteiger partial charge in [-0.1, -0.05) is 84.1 Å². The molecule has 1 rings (SSSR count). The summed E-state index contributed by atoms with van der Waals surface area (Å²) in [4.78, 5) is 24.7.